The van der Waals surface area contributed by atoms with Gasteiger partial charge in [-0.2, -0.15) is 0 Å². The molecule has 0 saturated carbocycles. The molecule has 3 rings (SSSR count). The molecule has 1 aliphatic heterocycles. The number of fused-ring (bicyclic) bond motifs is 1. The molecule has 4 heteroatoms. The number of allylic oxidation sites excluding steroid dienone is 2. The minimum Gasteiger partial charge on any atom is -0.481 e. The Morgan fingerprint density at radius 1 is 1.29 bits per heavy atom. The van der Waals surface area contributed by atoms with Crippen molar-refractivity contribution >= 4 is 11.9 Å². The first-order valence-electron chi connectivity index (χ1n) is 7.39. The predicted molar refractivity (Wildman–Crippen MR) is 78.3 cm³/mol. The van der Waals surface area contributed by atoms with Gasteiger partial charge in [-0.15, -0.1) is 0 Å². The number of carboxylic acids is 1. The summed E-state index contributed by atoms with van der Waals surface area (Å²) in [5, 5.41) is 9.37. The number of rotatable bonds is 3. The fraction of sp³-hybridized carbons (Fsp3) is 0.412. The van der Waals surface area contributed by atoms with E-state index >= 15 is 0 Å². The molecule has 110 valence electrons. The summed E-state index contributed by atoms with van der Waals surface area (Å²) < 4.78 is 0. The third-order valence-electron chi connectivity index (χ3n) is 4.53. The van der Waals surface area contributed by atoms with Gasteiger partial charge in [0.1, 0.15) is 0 Å². The molecule has 3 unspecified atom stereocenters. The Bertz CT molecular complexity index is 567. The first-order chi connectivity index (χ1) is 10.2. The maximum atomic E-state index is 12.7. The smallest absolute Gasteiger partial charge is 0.307 e. The van der Waals surface area contributed by atoms with Crippen molar-refractivity contribution in [1.29, 1.82) is 0 Å². The number of carboxylic acid groups (broad SMARTS) is 1. The zero-order valence-electron chi connectivity index (χ0n) is 11.8. The predicted octanol–water partition coefficient (Wildman–Crippen LogP) is 2.31. The molecule has 0 radical (unpaired) electrons. The highest BCUT2D eigenvalue weighted by molar-refractivity contribution is 5.86. The van der Waals surface area contributed by atoms with Crippen LogP contribution in [0.25, 0.3) is 0 Å². The summed E-state index contributed by atoms with van der Waals surface area (Å²) in [5.74, 6) is -1.76. The molecule has 1 aromatic carbocycles. The molecule has 1 heterocycles. The highest BCUT2D eigenvalue weighted by Gasteiger charge is 2.44. The van der Waals surface area contributed by atoms with Crippen LogP contribution in [0.15, 0.2) is 42.5 Å². The van der Waals surface area contributed by atoms with E-state index in [9.17, 15) is 14.7 Å². The average molecular weight is 285 g/mol. The van der Waals surface area contributed by atoms with Crippen molar-refractivity contribution in [2.75, 3.05) is 6.54 Å². The molecular formula is C17H19NO3. The Labute approximate surface area is 124 Å². The van der Waals surface area contributed by atoms with Crippen LogP contribution in [-0.2, 0) is 16.1 Å². The van der Waals surface area contributed by atoms with Gasteiger partial charge in [0.25, 0.3) is 0 Å². The van der Waals surface area contributed by atoms with Crippen molar-refractivity contribution in [3.63, 3.8) is 0 Å². The zero-order valence-corrected chi connectivity index (χ0v) is 11.8. The number of aliphatic carboxylic acids is 1. The topological polar surface area (TPSA) is 57.6 Å². The third-order valence-corrected chi connectivity index (χ3v) is 4.53. The second-order valence-corrected chi connectivity index (χ2v) is 5.83. The van der Waals surface area contributed by atoms with E-state index in [2.05, 4.69) is 0 Å². The van der Waals surface area contributed by atoms with Crippen LogP contribution in [0.4, 0.5) is 0 Å². The van der Waals surface area contributed by atoms with Crippen LogP contribution in [0.2, 0.25) is 0 Å². The highest BCUT2D eigenvalue weighted by atomic mass is 16.4. The minimum atomic E-state index is -0.857. The molecule has 21 heavy (non-hydrogen) atoms. The van der Waals surface area contributed by atoms with Gasteiger partial charge in [0, 0.05) is 13.1 Å². The van der Waals surface area contributed by atoms with Crippen LogP contribution in [-0.4, -0.2) is 28.4 Å². The van der Waals surface area contributed by atoms with Gasteiger partial charge in [0.05, 0.1) is 11.8 Å². The number of carbonyl (C=O) groups excluding carboxylic acids is 1. The van der Waals surface area contributed by atoms with Crippen molar-refractivity contribution in [3.8, 4) is 0 Å². The quantitative estimate of drug-likeness (QED) is 0.867. The minimum absolute atomic E-state index is 0.00754. The Morgan fingerprint density at radius 2 is 2.05 bits per heavy atom. The summed E-state index contributed by atoms with van der Waals surface area (Å²) in [7, 11) is 0. The lowest BCUT2D eigenvalue weighted by molar-refractivity contribution is -0.155. The summed E-state index contributed by atoms with van der Waals surface area (Å²) in [5.41, 5.74) is 1.09. The van der Waals surface area contributed by atoms with E-state index in [4.69, 9.17) is 0 Å². The Hall–Kier alpha value is -2.10. The Balaban J connectivity index is 1.79. The Morgan fingerprint density at radius 3 is 2.76 bits per heavy atom. The summed E-state index contributed by atoms with van der Waals surface area (Å²) in [6.07, 6.45) is 5.26. The van der Waals surface area contributed by atoms with E-state index in [0.29, 0.717) is 19.5 Å². The maximum absolute atomic E-state index is 12.7. The lowest BCUT2D eigenvalue weighted by Gasteiger charge is -2.40. The van der Waals surface area contributed by atoms with Crippen LogP contribution in [0.5, 0.6) is 0 Å². The standard InChI is InChI=1S/C17H19NO3/c19-16-15-13(7-4-8-14(15)17(20)21)9-10-18(16)11-12-5-2-1-3-6-12/h1-7,13-15H,8-11H2,(H,20,21). The first-order valence-corrected chi connectivity index (χ1v) is 7.39. The molecule has 0 aromatic heterocycles. The molecule has 1 fully saturated rings. The number of benzene rings is 1. The lowest BCUT2D eigenvalue weighted by atomic mass is 9.71. The average Bonchev–Trinajstić information content (AvgIpc) is 2.50. The van der Waals surface area contributed by atoms with E-state index in [1.807, 2.05) is 47.4 Å². The summed E-state index contributed by atoms with van der Waals surface area (Å²) >= 11 is 0. The van der Waals surface area contributed by atoms with Crippen molar-refractivity contribution in [1.82, 2.24) is 4.90 Å². The second kappa shape index (κ2) is 5.72. The number of hydrogen-bond acceptors (Lipinski definition) is 2. The van der Waals surface area contributed by atoms with Gasteiger partial charge in [0.2, 0.25) is 5.91 Å². The van der Waals surface area contributed by atoms with Gasteiger partial charge in [-0.05, 0) is 24.3 Å². The Kier molecular flexibility index (Phi) is 3.78. The normalized spacial score (nSPS) is 28.3. The van der Waals surface area contributed by atoms with Gasteiger partial charge in [-0.1, -0.05) is 42.5 Å². The van der Waals surface area contributed by atoms with Crippen molar-refractivity contribution in [2.45, 2.75) is 19.4 Å². The molecule has 1 aromatic rings. The van der Waals surface area contributed by atoms with Crippen LogP contribution < -0.4 is 0 Å². The van der Waals surface area contributed by atoms with Crippen LogP contribution >= 0.6 is 0 Å². The largest absolute Gasteiger partial charge is 0.481 e. The number of amides is 1. The van der Waals surface area contributed by atoms with Gasteiger partial charge >= 0.3 is 5.97 Å². The van der Waals surface area contributed by atoms with Gasteiger partial charge in [-0.3, -0.25) is 9.59 Å². The molecule has 1 aliphatic carbocycles. The molecule has 2 aliphatic rings. The number of hydrogen-bond donors (Lipinski definition) is 1. The third kappa shape index (κ3) is 2.71. The molecule has 4 nitrogen and oxygen atoms in total. The van der Waals surface area contributed by atoms with Crippen molar-refractivity contribution < 1.29 is 14.7 Å². The molecular weight excluding hydrogens is 266 g/mol. The number of nitrogens with zero attached hydrogens (tertiary/aromatic N) is 1. The lowest BCUT2D eigenvalue weighted by Crippen LogP contribution is -2.49. The van der Waals surface area contributed by atoms with E-state index < -0.39 is 17.8 Å². The van der Waals surface area contributed by atoms with E-state index in [1.54, 1.807) is 0 Å². The van der Waals surface area contributed by atoms with Crippen molar-refractivity contribution in [2.24, 2.45) is 17.8 Å². The number of carbonyl (C=O) groups is 2. The van der Waals surface area contributed by atoms with Gasteiger partial charge < -0.3 is 10.0 Å². The first kappa shape index (κ1) is 13.9. The van der Waals surface area contributed by atoms with Crippen LogP contribution in [0, 0.1) is 17.8 Å². The van der Waals surface area contributed by atoms with Gasteiger partial charge in [0.15, 0.2) is 0 Å². The summed E-state index contributed by atoms with van der Waals surface area (Å²) in [6, 6.07) is 9.85. The molecule has 1 amide bonds. The molecule has 3 atom stereocenters. The molecule has 0 spiro atoms. The van der Waals surface area contributed by atoms with E-state index in [1.165, 1.54) is 0 Å². The molecule has 0 bridgehead atoms. The van der Waals surface area contributed by atoms with Crippen LogP contribution in [0.3, 0.4) is 0 Å². The second-order valence-electron chi connectivity index (χ2n) is 5.83. The number of likely N-dealkylation sites (tertiary alicyclic amines) is 1. The zero-order chi connectivity index (χ0) is 14.8. The van der Waals surface area contributed by atoms with Crippen molar-refractivity contribution in [3.05, 3.63) is 48.0 Å². The number of piperidine rings is 1. The van der Waals surface area contributed by atoms with E-state index in [-0.39, 0.29) is 11.8 Å². The highest BCUT2D eigenvalue weighted by Crippen LogP contribution is 2.37. The SMILES string of the molecule is O=C(O)C1CC=CC2CCN(Cc3ccccc3)C(=O)C21. The van der Waals surface area contributed by atoms with E-state index in [0.717, 1.165) is 12.0 Å². The monoisotopic (exact) mass is 285 g/mol. The fourth-order valence-electron chi connectivity index (χ4n) is 3.44. The maximum Gasteiger partial charge on any atom is 0.307 e. The van der Waals surface area contributed by atoms with Gasteiger partial charge in [-0.25, -0.2) is 0 Å². The van der Waals surface area contributed by atoms with Crippen LogP contribution in [0.1, 0.15) is 18.4 Å². The molecule has 1 saturated heterocycles. The molecule has 1 N–H and O–H groups in total. The fourth-order valence-corrected chi connectivity index (χ4v) is 3.44. The summed E-state index contributed by atoms with van der Waals surface area (Å²) in [4.78, 5) is 25.9. The summed E-state index contributed by atoms with van der Waals surface area (Å²) in [6.45, 7) is 1.27.